The zero-order valence-electron chi connectivity index (χ0n) is 11.3. The molecule has 0 aliphatic rings. The molecule has 0 aliphatic carbocycles. The van der Waals surface area contributed by atoms with Crippen LogP contribution in [0.25, 0.3) is 11.3 Å². The first kappa shape index (κ1) is 17.6. The average Bonchev–Trinajstić information content (AvgIpc) is 2.69. The van der Waals surface area contributed by atoms with Gasteiger partial charge in [-0.1, -0.05) is 35.3 Å². The van der Waals surface area contributed by atoms with Crippen LogP contribution in [-0.2, 0) is 13.0 Å². The molecule has 2 aromatic rings. The Morgan fingerprint density at radius 3 is 2.00 bits per heavy atom. The van der Waals surface area contributed by atoms with Crippen LogP contribution in [0.1, 0.15) is 11.3 Å². The van der Waals surface area contributed by atoms with Crippen LogP contribution in [0, 0.1) is 11.3 Å². The van der Waals surface area contributed by atoms with Gasteiger partial charge >= 0.3 is 12.1 Å². The zero-order chi connectivity index (χ0) is 17.6. The molecule has 0 amide bonds. The van der Waals surface area contributed by atoms with Crippen molar-refractivity contribution in [3.05, 3.63) is 45.6 Å². The number of benzene rings is 1. The molecule has 1 heterocycles. The number of nitrogens with zero attached hydrogens (tertiary/aromatic N) is 2. The first-order valence-corrected chi connectivity index (χ1v) is 6.77. The van der Waals surface area contributed by atoms with Crippen LogP contribution in [0.4, 0.5) is 22.0 Å². The van der Waals surface area contributed by atoms with Crippen molar-refractivity contribution in [3.63, 3.8) is 0 Å². The van der Waals surface area contributed by atoms with E-state index in [1.165, 1.54) is 24.3 Å². The summed E-state index contributed by atoms with van der Waals surface area (Å²) in [7, 11) is 0.992. The maximum Gasteiger partial charge on any atom is 0.459 e. The van der Waals surface area contributed by atoms with Gasteiger partial charge in [0.15, 0.2) is 0 Å². The monoisotopic (exact) mass is 368 g/mol. The molecule has 0 saturated heterocycles. The summed E-state index contributed by atoms with van der Waals surface area (Å²) >= 11 is 11.4. The molecule has 0 fully saturated rings. The normalized spacial score (nSPS) is 12.3. The van der Waals surface area contributed by atoms with Crippen molar-refractivity contribution in [1.82, 2.24) is 4.57 Å². The molecule has 0 spiro atoms. The minimum atomic E-state index is -5.84. The fourth-order valence-electron chi connectivity index (χ4n) is 2.18. The van der Waals surface area contributed by atoms with Crippen LogP contribution in [0.2, 0.25) is 10.0 Å². The van der Waals surface area contributed by atoms with Gasteiger partial charge in [-0.05, 0) is 17.7 Å². The highest BCUT2D eigenvalue weighted by Crippen LogP contribution is 2.49. The van der Waals surface area contributed by atoms with Crippen LogP contribution in [-0.4, -0.2) is 10.7 Å². The molecular weight excluding hydrogens is 362 g/mol. The first-order valence-electron chi connectivity index (χ1n) is 6.01. The van der Waals surface area contributed by atoms with Gasteiger partial charge < -0.3 is 4.57 Å². The van der Waals surface area contributed by atoms with E-state index in [1.807, 2.05) is 0 Å². The summed E-state index contributed by atoms with van der Waals surface area (Å²) in [6.45, 7) is 0. The van der Waals surface area contributed by atoms with Crippen molar-refractivity contribution in [3.8, 4) is 17.3 Å². The van der Waals surface area contributed by atoms with Crippen LogP contribution < -0.4 is 0 Å². The van der Waals surface area contributed by atoms with Gasteiger partial charge in [-0.2, -0.15) is 27.2 Å². The third-order valence-corrected chi connectivity index (χ3v) is 3.84. The summed E-state index contributed by atoms with van der Waals surface area (Å²) < 4.78 is 66.0. The van der Waals surface area contributed by atoms with E-state index in [1.54, 1.807) is 6.07 Å². The van der Waals surface area contributed by atoms with E-state index in [9.17, 15) is 22.0 Å². The Morgan fingerprint density at radius 2 is 1.57 bits per heavy atom. The molecule has 9 heteroatoms. The molecule has 0 unspecified atom stereocenters. The van der Waals surface area contributed by atoms with Crippen molar-refractivity contribution < 1.29 is 22.0 Å². The fraction of sp³-hybridized carbons (Fsp3) is 0.214. The average molecular weight is 369 g/mol. The number of nitriles is 1. The highest BCUT2D eigenvalue weighted by atomic mass is 35.5. The topological polar surface area (TPSA) is 28.7 Å². The van der Waals surface area contributed by atoms with Crippen LogP contribution in [0.15, 0.2) is 24.3 Å². The van der Waals surface area contributed by atoms with Crippen molar-refractivity contribution in [2.24, 2.45) is 7.05 Å². The van der Waals surface area contributed by atoms with E-state index in [2.05, 4.69) is 0 Å². The third kappa shape index (κ3) is 2.77. The Bertz CT molecular complexity index is 785. The molecule has 122 valence electrons. The second-order valence-corrected chi connectivity index (χ2v) is 5.45. The summed E-state index contributed by atoms with van der Waals surface area (Å²) in [6.07, 6.45) is -5.84. The quantitative estimate of drug-likeness (QED) is 0.641. The molecule has 1 aromatic carbocycles. The number of alkyl halides is 5. The van der Waals surface area contributed by atoms with E-state index in [0.717, 1.165) is 7.05 Å². The van der Waals surface area contributed by atoms with E-state index >= 15 is 0 Å². The number of aromatic nitrogens is 1. The maximum absolute atomic E-state index is 13.7. The largest absolute Gasteiger partial charge is 0.459 e. The summed E-state index contributed by atoms with van der Waals surface area (Å²) in [6, 6.07) is 7.20. The fourth-order valence-corrected chi connectivity index (χ4v) is 2.68. The molecule has 0 aliphatic heterocycles. The number of rotatable bonds is 2. The summed E-state index contributed by atoms with van der Waals surface area (Å²) in [5.41, 5.74) is -1.85. The van der Waals surface area contributed by atoms with Gasteiger partial charge in [-0.3, -0.25) is 0 Å². The predicted octanol–water partition coefficient (Wildman–Crippen LogP) is 5.52. The lowest BCUT2D eigenvalue weighted by Crippen LogP contribution is -2.35. The summed E-state index contributed by atoms with van der Waals surface area (Å²) in [5, 5.41) is 8.53. The van der Waals surface area contributed by atoms with Crippen molar-refractivity contribution in [1.29, 1.82) is 5.26 Å². The SMILES string of the molecule is Cn1c(-c2ccc(Cl)cc2)c(C#N)c(Cl)c1C(F)(F)C(F)(F)F. The van der Waals surface area contributed by atoms with Gasteiger partial charge in [0, 0.05) is 12.1 Å². The minimum Gasteiger partial charge on any atom is -0.340 e. The van der Waals surface area contributed by atoms with Gasteiger partial charge in [0.25, 0.3) is 0 Å². The lowest BCUT2D eigenvalue weighted by Gasteiger charge is -2.21. The molecular formula is C14H7Cl2F5N2. The van der Waals surface area contributed by atoms with Gasteiger partial charge in [0.2, 0.25) is 0 Å². The lowest BCUT2D eigenvalue weighted by atomic mass is 10.1. The van der Waals surface area contributed by atoms with Gasteiger partial charge in [0.1, 0.15) is 11.8 Å². The predicted molar refractivity (Wildman–Crippen MR) is 75.5 cm³/mol. The minimum absolute atomic E-state index is 0.145. The number of halogens is 7. The Morgan fingerprint density at radius 1 is 1.04 bits per heavy atom. The Balaban J connectivity index is 2.80. The zero-order valence-corrected chi connectivity index (χ0v) is 12.9. The standard InChI is InChI=1S/C14H7Cl2F5N2/c1-23-11(7-2-4-8(15)5-3-7)9(6-22)10(16)12(23)13(17,18)14(19,20)21/h2-5H,1H3. The van der Waals surface area contributed by atoms with E-state index < -0.39 is 28.4 Å². The van der Waals surface area contributed by atoms with Gasteiger partial charge in [-0.25, -0.2) is 0 Å². The summed E-state index contributed by atoms with van der Waals surface area (Å²) in [5.74, 6) is -5.20. The molecule has 23 heavy (non-hydrogen) atoms. The van der Waals surface area contributed by atoms with Gasteiger partial charge in [0.05, 0.1) is 16.3 Å². The van der Waals surface area contributed by atoms with Crippen molar-refractivity contribution >= 4 is 23.2 Å². The third-order valence-electron chi connectivity index (χ3n) is 3.22. The number of hydrogen-bond donors (Lipinski definition) is 0. The molecule has 0 N–H and O–H groups in total. The summed E-state index contributed by atoms with van der Waals surface area (Å²) in [4.78, 5) is 0. The highest BCUT2D eigenvalue weighted by molar-refractivity contribution is 6.33. The second kappa shape index (κ2) is 5.69. The Kier molecular flexibility index (Phi) is 4.35. The maximum atomic E-state index is 13.7. The smallest absolute Gasteiger partial charge is 0.340 e. The second-order valence-electron chi connectivity index (χ2n) is 4.64. The highest BCUT2D eigenvalue weighted by Gasteiger charge is 2.61. The molecule has 2 nitrogen and oxygen atoms in total. The molecule has 0 radical (unpaired) electrons. The van der Waals surface area contributed by atoms with Crippen molar-refractivity contribution in [2.45, 2.75) is 12.1 Å². The molecule has 2 rings (SSSR count). The molecule has 1 aromatic heterocycles. The van der Waals surface area contributed by atoms with Crippen molar-refractivity contribution in [2.75, 3.05) is 0 Å². The van der Waals surface area contributed by atoms with Crippen LogP contribution in [0.3, 0.4) is 0 Å². The van der Waals surface area contributed by atoms with Gasteiger partial charge in [-0.15, -0.1) is 0 Å². The molecule has 0 atom stereocenters. The lowest BCUT2D eigenvalue weighted by molar-refractivity contribution is -0.291. The van der Waals surface area contributed by atoms with E-state index in [0.29, 0.717) is 9.59 Å². The van der Waals surface area contributed by atoms with Crippen LogP contribution >= 0.6 is 23.2 Å². The van der Waals surface area contributed by atoms with E-state index in [-0.39, 0.29) is 11.3 Å². The Labute approximate surface area is 137 Å². The Hall–Kier alpha value is -1.78. The van der Waals surface area contributed by atoms with E-state index in [4.69, 9.17) is 28.5 Å². The first-order chi connectivity index (χ1) is 10.5. The van der Waals surface area contributed by atoms with Crippen LogP contribution in [0.5, 0.6) is 0 Å². The molecule has 0 bridgehead atoms. The molecule has 0 saturated carbocycles. The number of hydrogen-bond acceptors (Lipinski definition) is 1.